The highest BCUT2D eigenvalue weighted by Crippen LogP contribution is 2.57. The van der Waals surface area contributed by atoms with E-state index in [0.717, 1.165) is 30.2 Å². The molecule has 0 amide bonds. The second kappa shape index (κ2) is 3.12. The van der Waals surface area contributed by atoms with Crippen LogP contribution in [0.5, 0.6) is 0 Å². The molecule has 5 rings (SSSR count). The van der Waals surface area contributed by atoms with E-state index in [1.165, 1.54) is 38.5 Å². The van der Waals surface area contributed by atoms with E-state index >= 15 is 0 Å². The van der Waals surface area contributed by atoms with Crippen LogP contribution in [0.25, 0.3) is 0 Å². The minimum atomic E-state index is 0.183. The van der Waals surface area contributed by atoms with Crippen molar-refractivity contribution in [1.29, 1.82) is 0 Å². The molecule has 0 aromatic heterocycles. The van der Waals surface area contributed by atoms with Gasteiger partial charge in [0.15, 0.2) is 0 Å². The first kappa shape index (κ1) is 9.26. The van der Waals surface area contributed by atoms with Gasteiger partial charge in [-0.15, -0.1) is 0 Å². The molecule has 1 heterocycles. The van der Waals surface area contributed by atoms with Gasteiger partial charge in [-0.2, -0.15) is 0 Å². The Hall–Kier alpha value is -0.790. The standard InChI is InChI=1S/C14H19NO/c1-2-13(15-3-1)16-14-7-10-4-11(8-14)6-12(5-10)9-14/h1-2,10-12H,3-9H2. The van der Waals surface area contributed by atoms with Gasteiger partial charge in [0.05, 0.1) is 6.54 Å². The van der Waals surface area contributed by atoms with Gasteiger partial charge in [-0.1, -0.05) is 6.08 Å². The van der Waals surface area contributed by atoms with Crippen molar-refractivity contribution in [2.45, 2.75) is 44.1 Å². The van der Waals surface area contributed by atoms with Crippen molar-refractivity contribution in [3.8, 4) is 0 Å². The number of ether oxygens (including phenoxy) is 1. The molecule has 0 unspecified atom stereocenters. The van der Waals surface area contributed by atoms with Crippen LogP contribution in [0.3, 0.4) is 0 Å². The Morgan fingerprint density at radius 2 is 1.69 bits per heavy atom. The van der Waals surface area contributed by atoms with Crippen LogP contribution >= 0.6 is 0 Å². The maximum Gasteiger partial charge on any atom is 0.209 e. The van der Waals surface area contributed by atoms with Crippen molar-refractivity contribution in [3.05, 3.63) is 12.2 Å². The average molecular weight is 217 g/mol. The highest BCUT2D eigenvalue weighted by molar-refractivity contribution is 5.89. The first-order valence-corrected chi connectivity index (χ1v) is 6.71. The third kappa shape index (κ3) is 1.35. The maximum atomic E-state index is 6.27. The normalized spacial score (nSPS) is 48.5. The molecule has 0 radical (unpaired) electrons. The molecule has 16 heavy (non-hydrogen) atoms. The fourth-order valence-corrected chi connectivity index (χ4v) is 4.79. The summed E-state index contributed by atoms with van der Waals surface area (Å²) in [5, 5.41) is 0. The first-order chi connectivity index (χ1) is 7.81. The Kier molecular flexibility index (Phi) is 1.80. The van der Waals surface area contributed by atoms with Crippen LogP contribution in [-0.2, 0) is 4.74 Å². The number of hydrogen-bond donors (Lipinski definition) is 0. The molecule has 4 bridgehead atoms. The van der Waals surface area contributed by atoms with Crippen LogP contribution in [0.2, 0.25) is 0 Å². The second-order valence-electron chi connectivity index (χ2n) is 6.28. The number of nitrogens with zero attached hydrogens (tertiary/aromatic N) is 1. The largest absolute Gasteiger partial charge is 0.471 e. The molecule has 0 aromatic rings. The lowest BCUT2D eigenvalue weighted by atomic mass is 9.54. The lowest BCUT2D eigenvalue weighted by molar-refractivity contribution is -0.114. The Balaban J connectivity index is 1.59. The lowest BCUT2D eigenvalue weighted by Gasteiger charge is -2.55. The third-order valence-electron chi connectivity index (χ3n) is 4.92. The van der Waals surface area contributed by atoms with E-state index in [1.807, 2.05) is 0 Å². The molecule has 1 aliphatic heterocycles. The van der Waals surface area contributed by atoms with Crippen LogP contribution in [0.1, 0.15) is 38.5 Å². The number of aliphatic imine (C=N–C) groups is 1. The summed E-state index contributed by atoms with van der Waals surface area (Å²) in [6.07, 6.45) is 12.5. The van der Waals surface area contributed by atoms with Gasteiger partial charge in [0.2, 0.25) is 5.90 Å². The van der Waals surface area contributed by atoms with Crippen LogP contribution in [0.15, 0.2) is 17.1 Å². The summed E-state index contributed by atoms with van der Waals surface area (Å²) in [6.45, 7) is 0.821. The van der Waals surface area contributed by atoms with E-state index in [9.17, 15) is 0 Å². The summed E-state index contributed by atoms with van der Waals surface area (Å²) in [7, 11) is 0. The highest BCUT2D eigenvalue weighted by Gasteiger charge is 2.52. The van der Waals surface area contributed by atoms with Crippen LogP contribution < -0.4 is 0 Å². The molecule has 0 saturated heterocycles. The van der Waals surface area contributed by atoms with E-state index in [0.29, 0.717) is 0 Å². The molecule has 4 fully saturated rings. The molecule has 4 aliphatic carbocycles. The fraction of sp³-hybridized carbons (Fsp3) is 0.786. The molecule has 0 atom stereocenters. The maximum absolute atomic E-state index is 6.27. The van der Waals surface area contributed by atoms with Gasteiger partial charge in [-0.25, -0.2) is 4.99 Å². The predicted molar refractivity (Wildman–Crippen MR) is 63.4 cm³/mol. The predicted octanol–water partition coefficient (Wildman–Crippen LogP) is 2.94. The van der Waals surface area contributed by atoms with Crippen molar-refractivity contribution >= 4 is 5.90 Å². The Bertz CT molecular complexity index is 334. The molecule has 0 spiro atoms. The summed E-state index contributed by atoms with van der Waals surface area (Å²) in [4.78, 5) is 4.40. The minimum absolute atomic E-state index is 0.183. The van der Waals surface area contributed by atoms with E-state index in [-0.39, 0.29) is 5.60 Å². The van der Waals surface area contributed by atoms with E-state index in [4.69, 9.17) is 4.74 Å². The topological polar surface area (TPSA) is 21.6 Å². The molecule has 0 N–H and O–H groups in total. The molecule has 86 valence electrons. The van der Waals surface area contributed by atoms with Crippen molar-refractivity contribution in [3.63, 3.8) is 0 Å². The SMILES string of the molecule is C1=CC(OC23CC4CC(CC(C4)C2)C3)=NC1. The fourth-order valence-electron chi connectivity index (χ4n) is 4.79. The van der Waals surface area contributed by atoms with Crippen LogP contribution in [-0.4, -0.2) is 18.0 Å². The van der Waals surface area contributed by atoms with Crippen molar-refractivity contribution in [1.82, 2.24) is 0 Å². The first-order valence-electron chi connectivity index (χ1n) is 6.71. The van der Waals surface area contributed by atoms with Gasteiger partial charge in [0.1, 0.15) is 5.60 Å². The minimum Gasteiger partial charge on any atom is -0.471 e. The molecule has 2 nitrogen and oxygen atoms in total. The second-order valence-corrected chi connectivity index (χ2v) is 6.28. The number of rotatable bonds is 1. The quantitative estimate of drug-likeness (QED) is 0.661. The molecule has 5 aliphatic rings. The van der Waals surface area contributed by atoms with Gasteiger partial charge in [-0.3, -0.25) is 0 Å². The van der Waals surface area contributed by atoms with Crippen LogP contribution in [0.4, 0.5) is 0 Å². The Labute approximate surface area is 96.8 Å². The monoisotopic (exact) mass is 217 g/mol. The third-order valence-corrected chi connectivity index (χ3v) is 4.92. The molecular weight excluding hydrogens is 198 g/mol. The summed E-state index contributed by atoms with van der Waals surface area (Å²) >= 11 is 0. The molecule has 2 heteroatoms. The van der Waals surface area contributed by atoms with Gasteiger partial charge in [0.25, 0.3) is 0 Å². The zero-order valence-electron chi connectivity index (χ0n) is 9.69. The van der Waals surface area contributed by atoms with E-state index < -0.39 is 0 Å². The zero-order chi connectivity index (χ0) is 10.6. The van der Waals surface area contributed by atoms with Crippen LogP contribution in [0, 0.1) is 17.8 Å². The summed E-state index contributed by atoms with van der Waals surface area (Å²) in [6, 6.07) is 0. The van der Waals surface area contributed by atoms with Gasteiger partial charge < -0.3 is 4.74 Å². The average Bonchev–Trinajstić information content (AvgIpc) is 2.66. The number of hydrogen-bond acceptors (Lipinski definition) is 2. The molecule has 4 saturated carbocycles. The van der Waals surface area contributed by atoms with Gasteiger partial charge in [0, 0.05) is 0 Å². The summed E-state index contributed by atoms with van der Waals surface area (Å²) < 4.78 is 6.27. The zero-order valence-corrected chi connectivity index (χ0v) is 9.69. The smallest absolute Gasteiger partial charge is 0.209 e. The van der Waals surface area contributed by atoms with E-state index in [2.05, 4.69) is 17.1 Å². The van der Waals surface area contributed by atoms with E-state index in [1.54, 1.807) is 0 Å². The summed E-state index contributed by atoms with van der Waals surface area (Å²) in [5.41, 5.74) is 0.183. The Morgan fingerprint density at radius 1 is 1.06 bits per heavy atom. The highest BCUT2D eigenvalue weighted by atomic mass is 16.5. The van der Waals surface area contributed by atoms with Crippen molar-refractivity contribution < 1.29 is 4.74 Å². The van der Waals surface area contributed by atoms with Crippen molar-refractivity contribution in [2.75, 3.05) is 6.54 Å². The summed E-state index contributed by atoms with van der Waals surface area (Å²) in [5.74, 6) is 3.77. The Morgan fingerprint density at radius 3 is 2.19 bits per heavy atom. The lowest BCUT2D eigenvalue weighted by Crippen LogP contribution is -2.52. The van der Waals surface area contributed by atoms with Gasteiger partial charge in [-0.05, 0) is 62.4 Å². The van der Waals surface area contributed by atoms with Crippen molar-refractivity contribution in [2.24, 2.45) is 22.7 Å². The molecular formula is C14H19NO. The molecule has 0 aromatic carbocycles. The van der Waals surface area contributed by atoms with Gasteiger partial charge >= 0.3 is 0 Å².